The molecule has 1 amide bonds. The fraction of sp³-hybridized carbons (Fsp3) is 0.344. The van der Waals surface area contributed by atoms with Crippen molar-refractivity contribution in [3.63, 3.8) is 0 Å². The van der Waals surface area contributed by atoms with Crippen LogP contribution < -0.4 is 4.90 Å². The predicted molar refractivity (Wildman–Crippen MR) is 153 cm³/mol. The molecule has 3 fully saturated rings. The number of halogens is 1. The van der Waals surface area contributed by atoms with Crippen LogP contribution in [0.1, 0.15) is 52.4 Å². The van der Waals surface area contributed by atoms with Crippen LogP contribution in [0.4, 0.5) is 15.9 Å². The van der Waals surface area contributed by atoms with Crippen LogP contribution in [-0.2, 0) is 24.9 Å². The van der Waals surface area contributed by atoms with Gasteiger partial charge in [-0.25, -0.2) is 14.2 Å². The predicted octanol–water partition coefficient (Wildman–Crippen LogP) is 5.24. The van der Waals surface area contributed by atoms with Crippen LogP contribution in [0, 0.1) is 12.4 Å². The Morgan fingerprint density at radius 1 is 1.12 bits per heavy atom. The first-order chi connectivity index (χ1) is 20.4. The Balaban J connectivity index is 1.17. The van der Waals surface area contributed by atoms with E-state index in [9.17, 15) is 4.79 Å². The van der Waals surface area contributed by atoms with Gasteiger partial charge in [0.1, 0.15) is 18.0 Å². The molecule has 4 aliphatic rings. The summed E-state index contributed by atoms with van der Waals surface area (Å²) in [5.41, 5.74) is 5.55. The summed E-state index contributed by atoms with van der Waals surface area (Å²) < 4.78 is 23.0. The third-order valence-electron chi connectivity index (χ3n) is 8.95. The minimum absolute atomic E-state index is 0.135. The number of fused-ring (bicyclic) bond motifs is 3. The largest absolute Gasteiger partial charge is 0.375 e. The Morgan fingerprint density at radius 2 is 2.00 bits per heavy atom. The van der Waals surface area contributed by atoms with Gasteiger partial charge in [0.05, 0.1) is 25.8 Å². The molecule has 210 valence electrons. The minimum Gasteiger partial charge on any atom is -0.375 e. The molecule has 1 saturated carbocycles. The van der Waals surface area contributed by atoms with Crippen molar-refractivity contribution in [2.45, 2.75) is 50.4 Å². The van der Waals surface area contributed by atoms with Gasteiger partial charge in [0.15, 0.2) is 11.5 Å². The number of ether oxygens (including phenoxy) is 1. The Labute approximate surface area is 242 Å². The van der Waals surface area contributed by atoms with Gasteiger partial charge in [-0.1, -0.05) is 12.1 Å². The normalized spacial score (nSPS) is 21.3. The third-order valence-corrected chi connectivity index (χ3v) is 8.95. The number of hydrogen-bond acceptors (Lipinski definition) is 6. The number of aryl methyl sites for hydroxylation is 1. The summed E-state index contributed by atoms with van der Waals surface area (Å²) >= 11 is 0. The van der Waals surface area contributed by atoms with E-state index in [0.717, 1.165) is 60.4 Å². The first-order valence-corrected chi connectivity index (χ1v) is 14.3. The summed E-state index contributed by atoms with van der Waals surface area (Å²) in [4.78, 5) is 26.3. The Bertz CT molecular complexity index is 1810. The van der Waals surface area contributed by atoms with Gasteiger partial charge in [-0.05, 0) is 66.3 Å². The van der Waals surface area contributed by atoms with Gasteiger partial charge >= 0.3 is 0 Å². The number of carbonyl (C=O) groups is 1. The quantitative estimate of drug-likeness (QED) is 0.300. The molecule has 2 aromatic carbocycles. The summed E-state index contributed by atoms with van der Waals surface area (Å²) in [7, 11) is 1.86. The van der Waals surface area contributed by atoms with E-state index in [4.69, 9.17) is 16.3 Å². The Morgan fingerprint density at radius 3 is 2.71 bits per heavy atom. The number of likely N-dealkylation sites (tertiary alicyclic amines) is 1. The molecule has 42 heavy (non-hydrogen) atoms. The number of pyridine rings is 1. The standard InChI is InChI=1S/C32H28FN7O2/c1-34-21-5-6-24(25(11-21)31-37-35-17-38(31)2)20-9-29(19-3-4-19)36-30(10-20)40-15-27-26(32(40)41)7-18(8-28(27)33)13-39-14-23-12-22(39)16-42-23/h5-11,17,19,22-23H,3-4,12-16H2,2H3/t22-,23-/m0/s1. The van der Waals surface area contributed by atoms with Gasteiger partial charge in [0.25, 0.3) is 5.91 Å². The Kier molecular flexibility index (Phi) is 5.74. The highest BCUT2D eigenvalue weighted by molar-refractivity contribution is 6.10. The van der Waals surface area contributed by atoms with E-state index < -0.39 is 0 Å². The maximum Gasteiger partial charge on any atom is 0.260 e. The topological polar surface area (TPSA) is 80.7 Å². The minimum atomic E-state index is -0.350. The summed E-state index contributed by atoms with van der Waals surface area (Å²) in [6.07, 6.45) is 4.99. The highest BCUT2D eigenvalue weighted by atomic mass is 19.1. The average Bonchev–Trinajstić information content (AvgIpc) is 3.25. The van der Waals surface area contributed by atoms with Crippen molar-refractivity contribution < 1.29 is 13.9 Å². The SMILES string of the molecule is [C-]#[N+]c1ccc(-c2cc(C3CC3)nc(N3Cc4c(F)cc(CN5C[C@@H]6C[C@H]5CO6)cc4C3=O)c2)c(-c2nncn2C)c1. The summed E-state index contributed by atoms with van der Waals surface area (Å²) in [6.45, 7) is 9.83. The van der Waals surface area contributed by atoms with E-state index in [1.165, 1.54) is 0 Å². The van der Waals surface area contributed by atoms with Crippen molar-refractivity contribution in [2.24, 2.45) is 7.05 Å². The average molecular weight is 562 g/mol. The molecule has 1 aliphatic carbocycles. The molecule has 2 saturated heterocycles. The van der Waals surface area contributed by atoms with Crippen LogP contribution in [0.3, 0.4) is 0 Å². The van der Waals surface area contributed by atoms with E-state index in [2.05, 4.69) is 26.0 Å². The monoisotopic (exact) mass is 561 g/mol. The molecule has 2 aromatic heterocycles. The molecule has 9 nitrogen and oxygen atoms in total. The first kappa shape index (κ1) is 25.3. The van der Waals surface area contributed by atoms with Crippen molar-refractivity contribution in [1.82, 2.24) is 24.6 Å². The zero-order valence-corrected chi connectivity index (χ0v) is 23.1. The molecule has 0 radical (unpaired) electrons. The van der Waals surface area contributed by atoms with Crippen molar-refractivity contribution >= 4 is 17.4 Å². The number of nitrogens with zero attached hydrogens (tertiary/aromatic N) is 7. The van der Waals surface area contributed by atoms with Crippen molar-refractivity contribution in [3.05, 3.63) is 88.4 Å². The van der Waals surface area contributed by atoms with E-state index in [1.54, 1.807) is 23.4 Å². The van der Waals surface area contributed by atoms with Crippen LogP contribution in [0.5, 0.6) is 0 Å². The lowest BCUT2D eigenvalue weighted by atomic mass is 9.97. The fourth-order valence-corrected chi connectivity index (χ4v) is 6.59. The molecule has 8 rings (SSSR count). The fourth-order valence-electron chi connectivity index (χ4n) is 6.59. The van der Waals surface area contributed by atoms with Crippen LogP contribution in [0.2, 0.25) is 0 Å². The molecule has 0 spiro atoms. The van der Waals surface area contributed by atoms with Gasteiger partial charge in [-0.3, -0.25) is 14.6 Å². The first-order valence-electron chi connectivity index (χ1n) is 14.3. The van der Waals surface area contributed by atoms with Gasteiger partial charge in [0.2, 0.25) is 0 Å². The second kappa shape index (κ2) is 9.54. The third kappa shape index (κ3) is 4.19. The lowest BCUT2D eigenvalue weighted by Gasteiger charge is -2.26. The molecule has 5 heterocycles. The molecule has 10 heteroatoms. The smallest absolute Gasteiger partial charge is 0.260 e. The van der Waals surface area contributed by atoms with Gasteiger partial charge in [-0.15, -0.1) is 10.2 Å². The second-order valence-corrected chi connectivity index (χ2v) is 11.8. The lowest BCUT2D eigenvalue weighted by Crippen LogP contribution is -2.36. The molecular formula is C32H28FN7O2. The van der Waals surface area contributed by atoms with Crippen molar-refractivity contribution in [2.75, 3.05) is 18.1 Å². The highest BCUT2D eigenvalue weighted by Crippen LogP contribution is 2.44. The van der Waals surface area contributed by atoms with Crippen molar-refractivity contribution in [1.29, 1.82) is 0 Å². The summed E-state index contributed by atoms with van der Waals surface area (Å²) in [5, 5.41) is 8.34. The number of rotatable bonds is 6. The number of aromatic nitrogens is 4. The summed E-state index contributed by atoms with van der Waals surface area (Å²) in [5.74, 6) is 0.882. The Hall–Kier alpha value is -4.46. The molecule has 3 aliphatic heterocycles. The molecular weight excluding hydrogens is 533 g/mol. The second-order valence-electron chi connectivity index (χ2n) is 11.8. The molecule has 0 unspecified atom stereocenters. The number of amides is 1. The van der Waals surface area contributed by atoms with Crippen LogP contribution in [0.15, 0.2) is 48.8 Å². The number of benzene rings is 2. The van der Waals surface area contributed by atoms with E-state index in [0.29, 0.717) is 47.0 Å². The van der Waals surface area contributed by atoms with Gasteiger partial charge in [0, 0.05) is 54.5 Å². The maximum atomic E-state index is 15.5. The van der Waals surface area contributed by atoms with Crippen molar-refractivity contribution in [3.8, 4) is 22.5 Å². The van der Waals surface area contributed by atoms with Gasteiger partial charge < -0.3 is 9.30 Å². The number of carbonyl (C=O) groups excluding carboxylic acids is 1. The number of hydrogen-bond donors (Lipinski definition) is 0. The molecule has 2 bridgehead atoms. The molecule has 0 N–H and O–H groups in total. The zero-order valence-electron chi connectivity index (χ0n) is 23.1. The summed E-state index contributed by atoms with van der Waals surface area (Å²) in [6, 6.07) is 13.3. The van der Waals surface area contributed by atoms with Crippen LogP contribution in [0.25, 0.3) is 27.4 Å². The lowest BCUT2D eigenvalue weighted by molar-refractivity contribution is 0.0273. The maximum absolute atomic E-state index is 15.5. The van der Waals surface area contributed by atoms with Crippen LogP contribution >= 0.6 is 0 Å². The molecule has 4 aromatic rings. The number of morpholine rings is 1. The van der Waals surface area contributed by atoms with E-state index in [-0.39, 0.29) is 24.4 Å². The zero-order chi connectivity index (χ0) is 28.5. The van der Waals surface area contributed by atoms with E-state index in [1.807, 2.05) is 35.9 Å². The van der Waals surface area contributed by atoms with Gasteiger partial charge in [-0.2, -0.15) is 0 Å². The number of anilines is 1. The van der Waals surface area contributed by atoms with Crippen LogP contribution in [-0.4, -0.2) is 55.9 Å². The van der Waals surface area contributed by atoms with E-state index >= 15 is 4.39 Å². The highest BCUT2D eigenvalue weighted by Gasteiger charge is 2.39. The molecule has 2 atom stereocenters.